The van der Waals surface area contributed by atoms with E-state index in [0.29, 0.717) is 12.1 Å². The molecule has 0 spiro atoms. The van der Waals surface area contributed by atoms with Gasteiger partial charge in [-0.05, 0) is 56.6 Å². The molecule has 2 aromatic carbocycles. The number of ether oxygens (including phenoxy) is 1. The quantitative estimate of drug-likeness (QED) is 0.781. The molecule has 5 aliphatic rings. The number of anilines is 1. The number of hydrogen-bond acceptors (Lipinski definition) is 5. The Labute approximate surface area is 179 Å². The van der Waals surface area contributed by atoms with Crippen molar-refractivity contribution < 1.29 is 4.74 Å². The zero-order valence-electron chi connectivity index (χ0n) is 17.9. The highest BCUT2D eigenvalue weighted by Crippen LogP contribution is 2.45. The van der Waals surface area contributed by atoms with Crippen LogP contribution in [0.2, 0.25) is 0 Å². The predicted octanol–water partition coefficient (Wildman–Crippen LogP) is 3.25. The SMILES string of the molecule is CN1CCN([C@@H]2Oc3ccccc3N2C2CN3CCC2CC3)C(c2ccccc2)C1. The lowest BCUT2D eigenvalue weighted by molar-refractivity contribution is -0.0458. The van der Waals surface area contributed by atoms with Gasteiger partial charge in [0.15, 0.2) is 0 Å². The summed E-state index contributed by atoms with van der Waals surface area (Å²) in [5, 5.41) is 0. The van der Waals surface area contributed by atoms with Crippen LogP contribution in [0.4, 0.5) is 5.69 Å². The molecule has 5 heterocycles. The Balaban J connectivity index is 1.38. The molecule has 5 heteroatoms. The highest BCUT2D eigenvalue weighted by Gasteiger charge is 2.47. The fraction of sp³-hybridized carbons (Fsp3) is 0.520. The van der Waals surface area contributed by atoms with E-state index in [1.807, 2.05) is 0 Å². The van der Waals surface area contributed by atoms with Crippen molar-refractivity contribution in [2.75, 3.05) is 51.2 Å². The molecule has 0 aliphatic carbocycles. The topological polar surface area (TPSA) is 22.2 Å². The van der Waals surface area contributed by atoms with Gasteiger partial charge in [0, 0.05) is 32.2 Å². The first-order chi connectivity index (χ1) is 14.8. The van der Waals surface area contributed by atoms with Crippen LogP contribution in [0.25, 0.3) is 0 Å². The van der Waals surface area contributed by atoms with E-state index in [2.05, 4.69) is 81.2 Å². The van der Waals surface area contributed by atoms with Gasteiger partial charge in [-0.25, -0.2) is 4.90 Å². The summed E-state index contributed by atoms with van der Waals surface area (Å²) >= 11 is 0. The molecule has 0 aromatic heterocycles. The number of piperidine rings is 3. The van der Waals surface area contributed by atoms with Crippen LogP contribution < -0.4 is 9.64 Å². The van der Waals surface area contributed by atoms with Crippen molar-refractivity contribution in [1.29, 1.82) is 0 Å². The second kappa shape index (κ2) is 7.56. The van der Waals surface area contributed by atoms with E-state index >= 15 is 0 Å². The third-order valence-corrected chi connectivity index (χ3v) is 7.69. The van der Waals surface area contributed by atoms with E-state index in [1.165, 1.54) is 43.7 Å². The lowest BCUT2D eigenvalue weighted by Gasteiger charge is -2.52. The standard InChI is InChI=1S/C25H32N4O/c1-26-15-16-28(22(17-26)19-7-3-2-4-8-19)25-29(21-9-5-6-10-24(21)30-25)23-18-27-13-11-20(23)12-14-27/h2-10,20,22-23,25H,11-18H2,1H3/t22?,23?,25-/m0/s1. The first kappa shape index (κ1) is 18.7. The molecule has 4 saturated heterocycles. The van der Waals surface area contributed by atoms with Crippen LogP contribution in [-0.4, -0.2) is 73.4 Å². The van der Waals surface area contributed by atoms with Crippen molar-refractivity contribution in [1.82, 2.24) is 14.7 Å². The molecule has 0 N–H and O–H groups in total. The van der Waals surface area contributed by atoms with E-state index in [4.69, 9.17) is 4.74 Å². The predicted molar refractivity (Wildman–Crippen MR) is 120 cm³/mol. The maximum absolute atomic E-state index is 6.72. The molecule has 0 amide bonds. The summed E-state index contributed by atoms with van der Waals surface area (Å²) in [5.74, 6) is 1.82. The molecule has 3 atom stereocenters. The number of hydrogen-bond donors (Lipinski definition) is 0. The molecule has 30 heavy (non-hydrogen) atoms. The number of rotatable bonds is 3. The number of likely N-dealkylation sites (N-methyl/N-ethyl adjacent to an activating group) is 1. The van der Waals surface area contributed by atoms with E-state index in [-0.39, 0.29) is 6.35 Å². The zero-order chi connectivity index (χ0) is 20.1. The van der Waals surface area contributed by atoms with Crippen LogP contribution >= 0.6 is 0 Å². The summed E-state index contributed by atoms with van der Waals surface area (Å²) in [6.45, 7) is 6.84. The van der Waals surface area contributed by atoms with Gasteiger partial charge in [-0.3, -0.25) is 0 Å². The molecule has 5 nitrogen and oxygen atoms in total. The molecule has 2 unspecified atom stereocenters. The van der Waals surface area contributed by atoms with Crippen molar-refractivity contribution in [3.63, 3.8) is 0 Å². The minimum Gasteiger partial charge on any atom is -0.455 e. The summed E-state index contributed by atoms with van der Waals surface area (Å²) in [6, 6.07) is 20.6. The molecular formula is C25H32N4O. The summed E-state index contributed by atoms with van der Waals surface area (Å²) < 4.78 is 6.72. The summed E-state index contributed by atoms with van der Waals surface area (Å²) in [7, 11) is 2.24. The average molecular weight is 405 g/mol. The fourth-order valence-electron chi connectivity index (χ4n) is 6.05. The van der Waals surface area contributed by atoms with Crippen LogP contribution in [0.5, 0.6) is 5.75 Å². The number of nitrogens with zero attached hydrogens (tertiary/aromatic N) is 4. The highest BCUT2D eigenvalue weighted by atomic mass is 16.5. The Morgan fingerprint density at radius 3 is 2.37 bits per heavy atom. The lowest BCUT2D eigenvalue weighted by atomic mass is 9.83. The number of benzene rings is 2. The van der Waals surface area contributed by atoms with Crippen LogP contribution in [0, 0.1) is 5.92 Å². The van der Waals surface area contributed by atoms with Crippen LogP contribution in [-0.2, 0) is 0 Å². The summed E-state index contributed by atoms with van der Waals surface area (Å²) in [4.78, 5) is 10.4. The van der Waals surface area contributed by atoms with Gasteiger partial charge >= 0.3 is 0 Å². The Hall–Kier alpha value is -2.08. The number of piperazine rings is 1. The fourth-order valence-corrected chi connectivity index (χ4v) is 6.05. The first-order valence-electron chi connectivity index (χ1n) is 11.5. The molecule has 158 valence electrons. The molecular weight excluding hydrogens is 372 g/mol. The monoisotopic (exact) mass is 404 g/mol. The third-order valence-electron chi connectivity index (χ3n) is 7.69. The van der Waals surface area contributed by atoms with Crippen molar-refractivity contribution in [2.24, 2.45) is 5.92 Å². The van der Waals surface area contributed by atoms with Gasteiger partial charge in [-0.1, -0.05) is 42.5 Å². The van der Waals surface area contributed by atoms with Crippen LogP contribution in [0.1, 0.15) is 24.4 Å². The lowest BCUT2D eigenvalue weighted by Crippen LogP contribution is -2.64. The second-order valence-electron chi connectivity index (χ2n) is 9.45. The largest absolute Gasteiger partial charge is 0.455 e. The minimum atomic E-state index is -0.0214. The normalized spacial score (nSPS) is 34.0. The number of fused-ring (bicyclic) bond motifs is 4. The van der Waals surface area contributed by atoms with E-state index < -0.39 is 0 Å². The highest BCUT2D eigenvalue weighted by molar-refractivity contribution is 5.63. The molecule has 4 fully saturated rings. The van der Waals surface area contributed by atoms with Gasteiger partial charge in [0.05, 0.1) is 11.7 Å². The molecule has 5 aliphatic heterocycles. The molecule has 2 aromatic rings. The third kappa shape index (κ3) is 3.11. The Kier molecular flexibility index (Phi) is 4.70. The molecule has 7 rings (SSSR count). The second-order valence-corrected chi connectivity index (χ2v) is 9.45. The first-order valence-corrected chi connectivity index (χ1v) is 11.5. The average Bonchev–Trinajstić information content (AvgIpc) is 3.19. The number of para-hydroxylation sites is 2. The summed E-state index contributed by atoms with van der Waals surface area (Å²) in [5.41, 5.74) is 2.67. The Morgan fingerprint density at radius 1 is 0.833 bits per heavy atom. The van der Waals surface area contributed by atoms with Crippen molar-refractivity contribution in [2.45, 2.75) is 31.3 Å². The van der Waals surface area contributed by atoms with E-state index in [9.17, 15) is 0 Å². The smallest absolute Gasteiger partial charge is 0.233 e. The summed E-state index contributed by atoms with van der Waals surface area (Å²) in [6.07, 6.45) is 2.62. The molecule has 2 bridgehead atoms. The van der Waals surface area contributed by atoms with Crippen molar-refractivity contribution in [3.8, 4) is 5.75 Å². The molecule has 0 saturated carbocycles. The van der Waals surface area contributed by atoms with Gasteiger partial charge in [0.25, 0.3) is 0 Å². The van der Waals surface area contributed by atoms with E-state index in [0.717, 1.165) is 31.3 Å². The van der Waals surface area contributed by atoms with Crippen molar-refractivity contribution >= 4 is 5.69 Å². The van der Waals surface area contributed by atoms with Gasteiger partial charge in [-0.15, -0.1) is 0 Å². The maximum atomic E-state index is 6.72. The van der Waals surface area contributed by atoms with Crippen molar-refractivity contribution in [3.05, 3.63) is 60.2 Å². The van der Waals surface area contributed by atoms with Gasteiger partial charge < -0.3 is 19.4 Å². The maximum Gasteiger partial charge on any atom is 0.233 e. The zero-order valence-corrected chi connectivity index (χ0v) is 17.9. The van der Waals surface area contributed by atoms with Crippen LogP contribution in [0.15, 0.2) is 54.6 Å². The Bertz CT molecular complexity index is 882. The van der Waals surface area contributed by atoms with Gasteiger partial charge in [0.1, 0.15) is 5.75 Å². The van der Waals surface area contributed by atoms with Gasteiger partial charge in [-0.2, -0.15) is 0 Å². The molecule has 0 radical (unpaired) electrons. The van der Waals surface area contributed by atoms with E-state index in [1.54, 1.807) is 0 Å². The minimum absolute atomic E-state index is 0.0214. The van der Waals surface area contributed by atoms with Crippen LogP contribution in [0.3, 0.4) is 0 Å². The Morgan fingerprint density at radius 2 is 1.60 bits per heavy atom. The van der Waals surface area contributed by atoms with Gasteiger partial charge in [0.2, 0.25) is 6.35 Å².